The van der Waals surface area contributed by atoms with Gasteiger partial charge in [-0.3, -0.25) is 9.59 Å². The Morgan fingerprint density at radius 2 is 1.62 bits per heavy atom. The number of sulfonamides is 1. The molecule has 0 aliphatic carbocycles. The van der Waals surface area contributed by atoms with Gasteiger partial charge in [-0.25, -0.2) is 13.1 Å². The summed E-state index contributed by atoms with van der Waals surface area (Å²) in [5, 5.41) is 17.4. The molecule has 7 nitrogen and oxygen atoms in total. The number of rotatable bonds is 13. The monoisotopic (exact) mass is 323 g/mol. The molecule has 0 bridgehead atoms. The van der Waals surface area contributed by atoms with Gasteiger partial charge in [0.25, 0.3) is 0 Å². The van der Waals surface area contributed by atoms with Crippen LogP contribution in [0.2, 0.25) is 0 Å². The first-order valence-electron chi connectivity index (χ1n) is 7.23. The standard InChI is InChI=1S/C13H25NO6S/c1-2-3-4-5-6-7-10-21(19,20)14-11(13(17)18)8-9-12(15)16/h11,14H,2-10H2,1H3,(H,15,16)(H,17,18)/t11-/m0/s1. The fourth-order valence-corrected chi connectivity index (χ4v) is 3.20. The van der Waals surface area contributed by atoms with Crippen LogP contribution >= 0.6 is 0 Å². The van der Waals surface area contributed by atoms with Crippen molar-refractivity contribution in [1.82, 2.24) is 4.72 Å². The summed E-state index contributed by atoms with van der Waals surface area (Å²) >= 11 is 0. The number of aliphatic carboxylic acids is 2. The summed E-state index contributed by atoms with van der Waals surface area (Å²) in [6, 6.07) is -1.38. The molecule has 0 saturated heterocycles. The third kappa shape index (κ3) is 11.2. The van der Waals surface area contributed by atoms with Crippen LogP contribution in [0, 0.1) is 0 Å². The summed E-state index contributed by atoms with van der Waals surface area (Å²) in [5.74, 6) is -2.64. The molecule has 0 radical (unpaired) electrons. The van der Waals surface area contributed by atoms with Gasteiger partial charge >= 0.3 is 11.9 Å². The van der Waals surface area contributed by atoms with Crippen LogP contribution in [0.1, 0.15) is 58.3 Å². The van der Waals surface area contributed by atoms with Gasteiger partial charge in [-0.1, -0.05) is 39.0 Å². The molecule has 0 fully saturated rings. The first-order valence-corrected chi connectivity index (χ1v) is 8.88. The molecule has 1 atom stereocenters. The molecule has 0 aliphatic heterocycles. The van der Waals surface area contributed by atoms with Crippen LogP contribution < -0.4 is 4.72 Å². The number of carboxylic acid groups (broad SMARTS) is 2. The van der Waals surface area contributed by atoms with E-state index in [9.17, 15) is 18.0 Å². The zero-order chi connectivity index (χ0) is 16.3. The molecular weight excluding hydrogens is 298 g/mol. The molecule has 0 heterocycles. The van der Waals surface area contributed by atoms with Crippen LogP contribution in [0.25, 0.3) is 0 Å². The lowest BCUT2D eigenvalue weighted by atomic mass is 10.1. The van der Waals surface area contributed by atoms with Gasteiger partial charge in [0, 0.05) is 6.42 Å². The van der Waals surface area contributed by atoms with Gasteiger partial charge in [0.15, 0.2) is 0 Å². The summed E-state index contributed by atoms with van der Waals surface area (Å²) in [4.78, 5) is 21.3. The second kappa shape index (κ2) is 10.6. The van der Waals surface area contributed by atoms with E-state index in [1.54, 1.807) is 0 Å². The van der Waals surface area contributed by atoms with E-state index in [4.69, 9.17) is 10.2 Å². The Kier molecular flexibility index (Phi) is 9.98. The van der Waals surface area contributed by atoms with Crippen molar-refractivity contribution in [2.24, 2.45) is 0 Å². The van der Waals surface area contributed by atoms with E-state index in [2.05, 4.69) is 11.6 Å². The molecule has 124 valence electrons. The van der Waals surface area contributed by atoms with Crippen LogP contribution in [0.15, 0.2) is 0 Å². The first kappa shape index (κ1) is 19.9. The lowest BCUT2D eigenvalue weighted by Gasteiger charge is -2.13. The van der Waals surface area contributed by atoms with Crippen LogP contribution in [0.3, 0.4) is 0 Å². The Balaban J connectivity index is 4.16. The van der Waals surface area contributed by atoms with Crippen molar-refractivity contribution in [2.45, 2.75) is 64.3 Å². The van der Waals surface area contributed by atoms with E-state index in [0.717, 1.165) is 32.1 Å². The minimum atomic E-state index is -3.69. The average Bonchev–Trinajstić information content (AvgIpc) is 2.38. The van der Waals surface area contributed by atoms with Gasteiger partial charge in [-0.05, 0) is 12.8 Å². The summed E-state index contributed by atoms with van der Waals surface area (Å²) in [6.07, 6.45) is 4.88. The fraction of sp³-hybridized carbons (Fsp3) is 0.846. The highest BCUT2D eigenvalue weighted by Crippen LogP contribution is 2.07. The molecule has 0 amide bonds. The third-order valence-electron chi connectivity index (χ3n) is 3.03. The van der Waals surface area contributed by atoms with Crippen molar-refractivity contribution in [3.05, 3.63) is 0 Å². The maximum atomic E-state index is 11.8. The number of unbranched alkanes of at least 4 members (excludes halogenated alkanes) is 5. The lowest BCUT2D eigenvalue weighted by Crippen LogP contribution is -2.42. The first-order chi connectivity index (χ1) is 9.78. The van der Waals surface area contributed by atoms with Gasteiger partial charge in [-0.2, -0.15) is 0 Å². The van der Waals surface area contributed by atoms with E-state index in [0.29, 0.717) is 6.42 Å². The van der Waals surface area contributed by atoms with Crippen LogP contribution in [0.4, 0.5) is 0 Å². The molecule has 0 aromatic rings. The van der Waals surface area contributed by atoms with Crippen LogP contribution in [-0.4, -0.2) is 42.4 Å². The van der Waals surface area contributed by atoms with E-state index in [-0.39, 0.29) is 12.2 Å². The average molecular weight is 323 g/mol. The van der Waals surface area contributed by atoms with E-state index in [1.807, 2.05) is 0 Å². The highest BCUT2D eigenvalue weighted by atomic mass is 32.2. The van der Waals surface area contributed by atoms with Crippen molar-refractivity contribution >= 4 is 22.0 Å². The van der Waals surface area contributed by atoms with Crippen molar-refractivity contribution in [3.63, 3.8) is 0 Å². The SMILES string of the molecule is CCCCCCCCS(=O)(=O)N[C@@H](CCC(=O)O)C(=O)O. The van der Waals surface area contributed by atoms with Gasteiger partial charge < -0.3 is 10.2 Å². The largest absolute Gasteiger partial charge is 0.481 e. The molecule has 3 N–H and O–H groups in total. The zero-order valence-corrected chi connectivity index (χ0v) is 13.2. The predicted molar refractivity (Wildman–Crippen MR) is 78.6 cm³/mol. The van der Waals surface area contributed by atoms with E-state index in [1.165, 1.54) is 0 Å². The molecule has 0 spiro atoms. The second-order valence-electron chi connectivity index (χ2n) is 5.03. The molecular formula is C13H25NO6S. The van der Waals surface area contributed by atoms with Crippen LogP contribution in [-0.2, 0) is 19.6 Å². The molecule has 21 heavy (non-hydrogen) atoms. The van der Waals surface area contributed by atoms with Gasteiger partial charge in [0.2, 0.25) is 10.0 Å². The molecule has 8 heteroatoms. The molecule has 0 aliphatic rings. The smallest absolute Gasteiger partial charge is 0.321 e. The maximum Gasteiger partial charge on any atom is 0.321 e. The fourth-order valence-electron chi connectivity index (χ4n) is 1.85. The normalized spacial score (nSPS) is 13.0. The summed E-state index contributed by atoms with van der Waals surface area (Å²) < 4.78 is 25.6. The number of hydrogen-bond acceptors (Lipinski definition) is 4. The Bertz CT molecular complexity index is 420. The Labute approximate surface area is 125 Å². The highest BCUT2D eigenvalue weighted by Gasteiger charge is 2.24. The van der Waals surface area contributed by atoms with Crippen molar-refractivity contribution in [1.29, 1.82) is 0 Å². The van der Waals surface area contributed by atoms with Gasteiger partial charge in [0.05, 0.1) is 5.75 Å². The molecule has 0 rings (SSSR count). The molecule has 0 unspecified atom stereocenters. The van der Waals surface area contributed by atoms with Crippen molar-refractivity contribution in [2.75, 3.05) is 5.75 Å². The summed E-state index contributed by atoms with van der Waals surface area (Å²) in [6.45, 7) is 2.09. The number of nitrogens with one attached hydrogen (secondary N) is 1. The second-order valence-corrected chi connectivity index (χ2v) is 6.90. The van der Waals surface area contributed by atoms with E-state index >= 15 is 0 Å². The maximum absolute atomic E-state index is 11.8. The number of hydrogen-bond donors (Lipinski definition) is 3. The van der Waals surface area contributed by atoms with Gasteiger partial charge in [-0.15, -0.1) is 0 Å². The highest BCUT2D eigenvalue weighted by molar-refractivity contribution is 7.89. The number of carbonyl (C=O) groups is 2. The lowest BCUT2D eigenvalue weighted by molar-refractivity contribution is -0.140. The van der Waals surface area contributed by atoms with Crippen molar-refractivity contribution < 1.29 is 28.2 Å². The van der Waals surface area contributed by atoms with E-state index < -0.39 is 34.4 Å². The topological polar surface area (TPSA) is 121 Å². The number of carboxylic acids is 2. The Morgan fingerprint density at radius 3 is 2.14 bits per heavy atom. The molecule has 0 saturated carbocycles. The summed E-state index contributed by atoms with van der Waals surface area (Å²) in [7, 11) is -3.69. The van der Waals surface area contributed by atoms with Crippen LogP contribution in [0.5, 0.6) is 0 Å². The minimum Gasteiger partial charge on any atom is -0.481 e. The quantitative estimate of drug-likeness (QED) is 0.443. The molecule has 0 aromatic heterocycles. The molecule has 0 aromatic carbocycles. The summed E-state index contributed by atoms with van der Waals surface area (Å²) in [5.41, 5.74) is 0. The zero-order valence-electron chi connectivity index (χ0n) is 12.4. The predicted octanol–water partition coefficient (Wildman–Crippen LogP) is 1.58. The Hall–Kier alpha value is -1.15. The third-order valence-corrected chi connectivity index (χ3v) is 4.50. The Morgan fingerprint density at radius 1 is 1.05 bits per heavy atom. The van der Waals surface area contributed by atoms with Gasteiger partial charge in [0.1, 0.15) is 6.04 Å². The minimum absolute atomic E-state index is 0.129. The van der Waals surface area contributed by atoms with Crippen molar-refractivity contribution in [3.8, 4) is 0 Å².